The van der Waals surface area contributed by atoms with E-state index in [-0.39, 0.29) is 12.7 Å². The molecule has 0 saturated carbocycles. The first kappa shape index (κ1) is 23.8. The highest BCUT2D eigenvalue weighted by atomic mass is 35.5. The monoisotopic (exact) mass is 478 g/mol. The van der Waals surface area contributed by atoms with Crippen LogP contribution in [0.3, 0.4) is 0 Å². The summed E-state index contributed by atoms with van der Waals surface area (Å²) in [5, 5.41) is 6.44. The number of nitrogens with one attached hydrogen (secondary N) is 2. The van der Waals surface area contributed by atoms with E-state index in [4.69, 9.17) is 37.4 Å². The first-order chi connectivity index (χ1) is 15.2. The van der Waals surface area contributed by atoms with Gasteiger partial charge in [0.1, 0.15) is 6.61 Å². The molecule has 170 valence electrons. The summed E-state index contributed by atoms with van der Waals surface area (Å²) in [6.45, 7) is 5.40. The van der Waals surface area contributed by atoms with Crippen molar-refractivity contribution in [3.8, 4) is 11.5 Å². The lowest BCUT2D eigenvalue weighted by atomic mass is 9.95. The maximum atomic E-state index is 12.7. The molecular weight excluding hydrogens is 455 g/mol. The second kappa shape index (κ2) is 10.1. The molecule has 0 aliphatic carbocycles. The van der Waals surface area contributed by atoms with Crippen LogP contribution in [0.25, 0.3) is 0 Å². The second-order valence-electron chi connectivity index (χ2n) is 7.46. The Balaban J connectivity index is 1.88. The van der Waals surface area contributed by atoms with Gasteiger partial charge in [0.2, 0.25) is 0 Å². The fourth-order valence-corrected chi connectivity index (χ4v) is 3.73. The van der Waals surface area contributed by atoms with Crippen molar-refractivity contribution in [1.29, 1.82) is 0 Å². The smallest absolute Gasteiger partial charge is 0.338 e. The zero-order chi connectivity index (χ0) is 23.4. The summed E-state index contributed by atoms with van der Waals surface area (Å²) in [5.41, 5.74) is 2.16. The van der Waals surface area contributed by atoms with Crippen molar-refractivity contribution in [2.75, 3.05) is 7.11 Å². The van der Waals surface area contributed by atoms with E-state index < -0.39 is 18.0 Å². The van der Waals surface area contributed by atoms with E-state index in [2.05, 4.69) is 10.6 Å². The summed E-state index contributed by atoms with van der Waals surface area (Å²) in [7, 11) is 1.51. The van der Waals surface area contributed by atoms with Crippen molar-refractivity contribution in [3.63, 3.8) is 0 Å². The standard InChI is InChI=1S/C23H24Cl2N2O5/c1-12(2)32-22(28)20-13(3)26-23(29)27-21(20)14-6-8-18(19(9-14)30-4)31-11-15-5-7-16(24)10-17(15)25/h5-10,12,21H,11H2,1-4H3,(H2,26,27,29). The Morgan fingerprint density at radius 1 is 1.12 bits per heavy atom. The fourth-order valence-electron chi connectivity index (χ4n) is 3.27. The molecule has 2 aromatic carbocycles. The number of esters is 1. The van der Waals surface area contributed by atoms with Crippen LogP contribution in [-0.2, 0) is 16.1 Å². The van der Waals surface area contributed by atoms with Crippen LogP contribution in [0.5, 0.6) is 11.5 Å². The Morgan fingerprint density at radius 2 is 1.88 bits per heavy atom. The van der Waals surface area contributed by atoms with Gasteiger partial charge in [0.25, 0.3) is 0 Å². The summed E-state index contributed by atoms with van der Waals surface area (Å²) in [5.74, 6) is 0.413. The van der Waals surface area contributed by atoms with E-state index in [9.17, 15) is 9.59 Å². The minimum absolute atomic E-state index is 0.209. The van der Waals surface area contributed by atoms with Crippen LogP contribution in [0.1, 0.15) is 37.9 Å². The number of hydrogen-bond donors (Lipinski definition) is 2. The van der Waals surface area contributed by atoms with Crippen LogP contribution in [0.2, 0.25) is 10.0 Å². The maximum absolute atomic E-state index is 12.7. The van der Waals surface area contributed by atoms with Crippen molar-refractivity contribution in [2.24, 2.45) is 0 Å². The van der Waals surface area contributed by atoms with Crippen molar-refractivity contribution in [3.05, 3.63) is 68.8 Å². The molecule has 1 atom stereocenters. The Labute approximate surface area is 196 Å². The zero-order valence-corrected chi connectivity index (χ0v) is 19.6. The molecule has 2 amide bonds. The zero-order valence-electron chi connectivity index (χ0n) is 18.1. The molecule has 1 aliphatic heterocycles. The lowest BCUT2D eigenvalue weighted by molar-refractivity contribution is -0.143. The number of allylic oxidation sites excluding steroid dienone is 1. The molecular formula is C23H24Cl2N2O5. The van der Waals surface area contributed by atoms with Crippen molar-refractivity contribution < 1.29 is 23.8 Å². The Kier molecular flexibility index (Phi) is 7.53. The van der Waals surface area contributed by atoms with Crippen LogP contribution in [0.15, 0.2) is 47.7 Å². The molecule has 0 spiro atoms. The van der Waals surface area contributed by atoms with Gasteiger partial charge >= 0.3 is 12.0 Å². The predicted molar refractivity (Wildman–Crippen MR) is 122 cm³/mol. The molecule has 1 unspecified atom stereocenters. The van der Waals surface area contributed by atoms with E-state index in [1.807, 2.05) is 0 Å². The quantitative estimate of drug-likeness (QED) is 0.536. The Morgan fingerprint density at radius 3 is 2.53 bits per heavy atom. The SMILES string of the molecule is COc1cc(C2NC(=O)NC(C)=C2C(=O)OC(C)C)ccc1OCc1ccc(Cl)cc1Cl. The normalized spacial score (nSPS) is 15.8. The van der Waals surface area contributed by atoms with Gasteiger partial charge in [0.05, 0.1) is 24.8 Å². The van der Waals surface area contributed by atoms with Gasteiger partial charge in [-0.05, 0) is 50.6 Å². The van der Waals surface area contributed by atoms with E-state index >= 15 is 0 Å². The highest BCUT2D eigenvalue weighted by molar-refractivity contribution is 6.35. The van der Waals surface area contributed by atoms with Gasteiger partial charge < -0.3 is 24.8 Å². The summed E-state index contributed by atoms with van der Waals surface area (Å²) >= 11 is 12.2. The van der Waals surface area contributed by atoms with Gasteiger partial charge in [0, 0.05) is 21.3 Å². The van der Waals surface area contributed by atoms with Gasteiger partial charge in [-0.3, -0.25) is 0 Å². The third-order valence-corrected chi connectivity index (χ3v) is 5.34. The minimum atomic E-state index is -0.705. The number of hydrogen-bond acceptors (Lipinski definition) is 5. The summed E-state index contributed by atoms with van der Waals surface area (Å²) < 4.78 is 16.7. The van der Waals surface area contributed by atoms with E-state index in [0.29, 0.717) is 38.4 Å². The topological polar surface area (TPSA) is 85.9 Å². The number of urea groups is 1. The molecule has 0 aromatic heterocycles. The second-order valence-corrected chi connectivity index (χ2v) is 8.30. The third kappa shape index (κ3) is 5.47. The molecule has 0 radical (unpaired) electrons. The first-order valence-corrected chi connectivity index (χ1v) is 10.7. The molecule has 2 N–H and O–H groups in total. The number of amides is 2. The molecule has 1 heterocycles. The van der Waals surface area contributed by atoms with Crippen LogP contribution < -0.4 is 20.1 Å². The molecule has 7 nitrogen and oxygen atoms in total. The number of halogens is 2. The number of benzene rings is 2. The Hall–Kier alpha value is -2.90. The third-order valence-electron chi connectivity index (χ3n) is 4.75. The number of carbonyl (C=O) groups is 2. The van der Waals surface area contributed by atoms with Crippen LogP contribution in [0, 0.1) is 0 Å². The molecule has 3 rings (SSSR count). The molecule has 0 saturated heterocycles. The highest BCUT2D eigenvalue weighted by Crippen LogP contribution is 2.35. The largest absolute Gasteiger partial charge is 0.493 e. The number of rotatable bonds is 7. The minimum Gasteiger partial charge on any atom is -0.493 e. The maximum Gasteiger partial charge on any atom is 0.338 e. The number of carbonyl (C=O) groups excluding carboxylic acids is 2. The lowest BCUT2D eigenvalue weighted by Crippen LogP contribution is -2.45. The van der Waals surface area contributed by atoms with Gasteiger partial charge in [0.15, 0.2) is 11.5 Å². The fraction of sp³-hybridized carbons (Fsp3) is 0.304. The number of methoxy groups -OCH3 is 1. The average molecular weight is 479 g/mol. The number of ether oxygens (including phenoxy) is 3. The Bertz CT molecular complexity index is 1070. The van der Waals surface area contributed by atoms with Gasteiger partial charge in [-0.15, -0.1) is 0 Å². The van der Waals surface area contributed by atoms with E-state index in [0.717, 1.165) is 5.56 Å². The van der Waals surface area contributed by atoms with Gasteiger partial charge in [-0.1, -0.05) is 35.3 Å². The summed E-state index contributed by atoms with van der Waals surface area (Å²) in [6, 6.07) is 9.24. The molecule has 32 heavy (non-hydrogen) atoms. The van der Waals surface area contributed by atoms with Gasteiger partial charge in [-0.25, -0.2) is 9.59 Å². The van der Waals surface area contributed by atoms with Crippen molar-refractivity contribution in [1.82, 2.24) is 10.6 Å². The van der Waals surface area contributed by atoms with E-state index in [1.165, 1.54) is 7.11 Å². The summed E-state index contributed by atoms with van der Waals surface area (Å²) in [6.07, 6.45) is -0.300. The summed E-state index contributed by atoms with van der Waals surface area (Å²) in [4.78, 5) is 24.8. The van der Waals surface area contributed by atoms with Gasteiger partial charge in [-0.2, -0.15) is 0 Å². The molecule has 0 bridgehead atoms. The lowest BCUT2D eigenvalue weighted by Gasteiger charge is -2.29. The van der Waals surface area contributed by atoms with Crippen molar-refractivity contribution >= 4 is 35.2 Å². The first-order valence-electron chi connectivity index (χ1n) is 9.93. The molecule has 1 aliphatic rings. The molecule has 9 heteroatoms. The van der Waals surface area contributed by atoms with Crippen LogP contribution >= 0.6 is 23.2 Å². The predicted octanol–water partition coefficient (Wildman–Crippen LogP) is 5.16. The average Bonchev–Trinajstić information content (AvgIpc) is 2.71. The molecule has 0 fully saturated rings. The van der Waals surface area contributed by atoms with E-state index in [1.54, 1.807) is 57.2 Å². The van der Waals surface area contributed by atoms with Crippen LogP contribution in [-0.4, -0.2) is 25.2 Å². The molecule has 2 aromatic rings. The van der Waals surface area contributed by atoms with Crippen LogP contribution in [0.4, 0.5) is 4.79 Å². The van der Waals surface area contributed by atoms with Crippen molar-refractivity contribution in [2.45, 2.75) is 39.5 Å². The highest BCUT2D eigenvalue weighted by Gasteiger charge is 2.33.